The largest absolute Gasteiger partial charge is 0.481 e. The Morgan fingerprint density at radius 3 is 2.44 bits per heavy atom. The molecular weight excluding hydrogens is 687 g/mol. The van der Waals surface area contributed by atoms with Crippen LogP contribution in [0.4, 0.5) is 22.0 Å². The third kappa shape index (κ3) is 9.06. The number of methoxy groups -OCH3 is 1. The SMILES string of the molecule is CCc1nc(=O)n([C@H]2CCCCCCCc3cc(F)cc(C)c3-c3cc(c(F)c(C(F)(F)F)c3)[C@H](CC(=O)O)NC2=O)cc1CCN1CC(OC)C1. The molecule has 0 aliphatic carbocycles. The van der Waals surface area contributed by atoms with Crippen LogP contribution in [0.2, 0.25) is 0 Å². The molecule has 0 radical (unpaired) electrons. The first kappa shape index (κ1) is 39.0. The molecule has 1 saturated heterocycles. The van der Waals surface area contributed by atoms with Gasteiger partial charge < -0.3 is 15.2 Å². The van der Waals surface area contributed by atoms with Gasteiger partial charge in [0.05, 0.1) is 29.8 Å². The molecule has 5 rings (SSSR count). The highest BCUT2D eigenvalue weighted by Crippen LogP contribution is 2.40. The van der Waals surface area contributed by atoms with Crippen molar-refractivity contribution in [1.82, 2.24) is 19.8 Å². The highest BCUT2D eigenvalue weighted by Gasteiger charge is 2.38. The van der Waals surface area contributed by atoms with Gasteiger partial charge in [0.1, 0.15) is 17.7 Å². The number of likely N-dealkylation sites (tertiary alicyclic amines) is 1. The van der Waals surface area contributed by atoms with Crippen LogP contribution in [0.25, 0.3) is 11.1 Å². The molecule has 14 heteroatoms. The third-order valence-electron chi connectivity index (χ3n) is 10.1. The van der Waals surface area contributed by atoms with Crippen LogP contribution in [0.15, 0.2) is 35.3 Å². The van der Waals surface area contributed by atoms with E-state index >= 15 is 4.39 Å². The van der Waals surface area contributed by atoms with E-state index < -0.39 is 65.0 Å². The topological polar surface area (TPSA) is 114 Å². The minimum Gasteiger partial charge on any atom is -0.481 e. The lowest BCUT2D eigenvalue weighted by atomic mass is 9.87. The molecule has 0 spiro atoms. The Labute approximate surface area is 299 Å². The zero-order chi connectivity index (χ0) is 37.7. The standard InChI is InChI=1S/C38H45F5N4O5/c1-4-30-24(12-13-46-20-27(21-46)52-3)19-47(37(51)45-30)32-11-9-7-5-6-8-10-23-15-26(39)14-22(2)34(23)25-16-28(31(18-33(48)49)44-36(32)50)35(40)29(17-25)38(41,42)43/h14-17,19,27,31-32H,4-13,18,20-21H2,1-3H3,(H,44,50)(H,48,49)/t31-,32-/m0/s1. The van der Waals surface area contributed by atoms with E-state index in [0.717, 1.165) is 31.1 Å². The molecular formula is C38H45F5N4O5. The predicted octanol–water partition coefficient (Wildman–Crippen LogP) is 6.72. The summed E-state index contributed by atoms with van der Waals surface area (Å²) < 4.78 is 80.4. The van der Waals surface area contributed by atoms with Crippen molar-refractivity contribution in [2.75, 3.05) is 26.7 Å². The average Bonchev–Trinajstić information content (AvgIpc) is 3.04. The Morgan fingerprint density at radius 1 is 1.06 bits per heavy atom. The number of carbonyl (C=O) groups is 2. The number of benzene rings is 2. The molecule has 2 aliphatic heterocycles. The maximum atomic E-state index is 16.0. The van der Waals surface area contributed by atoms with Gasteiger partial charge in [0.15, 0.2) is 0 Å². The fraction of sp³-hybridized carbons (Fsp3) is 0.526. The van der Waals surface area contributed by atoms with Gasteiger partial charge in [-0.2, -0.15) is 18.2 Å². The van der Waals surface area contributed by atoms with Crippen molar-refractivity contribution in [2.45, 2.75) is 102 Å². The highest BCUT2D eigenvalue weighted by atomic mass is 19.4. The minimum atomic E-state index is -5.18. The molecule has 2 aromatic carbocycles. The molecule has 3 heterocycles. The number of carboxylic acid groups (broad SMARTS) is 1. The van der Waals surface area contributed by atoms with Crippen molar-refractivity contribution in [2.24, 2.45) is 0 Å². The van der Waals surface area contributed by atoms with Crippen LogP contribution in [-0.2, 0) is 39.8 Å². The van der Waals surface area contributed by atoms with Gasteiger partial charge in [-0.05, 0) is 91.1 Å². The number of fused-ring (bicyclic) bond motifs is 4. The number of amides is 1. The smallest absolute Gasteiger partial charge is 0.419 e. The van der Waals surface area contributed by atoms with Crippen LogP contribution >= 0.6 is 0 Å². The molecule has 52 heavy (non-hydrogen) atoms. The van der Waals surface area contributed by atoms with Crippen LogP contribution < -0.4 is 11.0 Å². The first-order valence-electron chi connectivity index (χ1n) is 17.8. The Hall–Kier alpha value is -4.17. The number of nitrogens with one attached hydrogen (secondary N) is 1. The normalized spacial score (nSPS) is 19.5. The van der Waals surface area contributed by atoms with Crippen molar-refractivity contribution in [3.63, 3.8) is 0 Å². The number of carbonyl (C=O) groups excluding carboxylic acids is 1. The van der Waals surface area contributed by atoms with Gasteiger partial charge in [-0.25, -0.2) is 13.6 Å². The number of rotatable bonds is 8. The van der Waals surface area contributed by atoms with E-state index in [2.05, 4.69) is 15.2 Å². The van der Waals surface area contributed by atoms with Crippen LogP contribution in [-0.4, -0.2) is 64.3 Å². The molecule has 1 fully saturated rings. The predicted molar refractivity (Wildman–Crippen MR) is 184 cm³/mol. The lowest BCUT2D eigenvalue weighted by Gasteiger charge is -2.38. The molecule has 2 atom stereocenters. The minimum absolute atomic E-state index is 0.0799. The van der Waals surface area contributed by atoms with Crippen LogP contribution in [0.5, 0.6) is 0 Å². The summed E-state index contributed by atoms with van der Waals surface area (Å²) in [5.41, 5.74) is -0.708. The van der Waals surface area contributed by atoms with Gasteiger partial charge in [-0.15, -0.1) is 0 Å². The zero-order valence-electron chi connectivity index (χ0n) is 29.6. The molecule has 1 aromatic heterocycles. The summed E-state index contributed by atoms with van der Waals surface area (Å²) in [5, 5.41) is 12.4. The number of aryl methyl sites for hydroxylation is 3. The van der Waals surface area contributed by atoms with Crippen LogP contribution in [0, 0.1) is 18.6 Å². The van der Waals surface area contributed by atoms with Crippen molar-refractivity contribution in [3.05, 3.63) is 86.1 Å². The number of aromatic nitrogens is 2. The maximum Gasteiger partial charge on any atom is 0.419 e. The summed E-state index contributed by atoms with van der Waals surface area (Å²) in [4.78, 5) is 46.2. The third-order valence-corrected chi connectivity index (χ3v) is 10.1. The Morgan fingerprint density at radius 2 is 1.77 bits per heavy atom. The average molecular weight is 733 g/mol. The van der Waals surface area contributed by atoms with E-state index in [-0.39, 0.29) is 23.7 Å². The Balaban J connectivity index is 1.60. The number of ether oxygens (including phenoxy) is 1. The molecule has 2 aliphatic rings. The molecule has 0 unspecified atom stereocenters. The van der Waals surface area contributed by atoms with Crippen LogP contribution in [0.1, 0.15) is 97.5 Å². The van der Waals surface area contributed by atoms with Gasteiger partial charge in [0.25, 0.3) is 0 Å². The summed E-state index contributed by atoms with van der Waals surface area (Å²) in [6.07, 6.45) is 0.317. The number of hydrogen-bond donors (Lipinski definition) is 2. The van der Waals surface area contributed by atoms with E-state index in [9.17, 15) is 37.1 Å². The summed E-state index contributed by atoms with van der Waals surface area (Å²) in [5.74, 6) is -4.63. The second-order valence-electron chi connectivity index (χ2n) is 13.8. The number of aliphatic carboxylic acids is 1. The molecule has 9 nitrogen and oxygen atoms in total. The van der Waals surface area contributed by atoms with Gasteiger partial charge >= 0.3 is 17.8 Å². The van der Waals surface area contributed by atoms with Gasteiger partial charge in [0, 0.05) is 38.5 Å². The second kappa shape index (κ2) is 16.7. The second-order valence-corrected chi connectivity index (χ2v) is 13.8. The Kier molecular flexibility index (Phi) is 12.5. The molecule has 3 aromatic rings. The molecule has 1 amide bonds. The van der Waals surface area contributed by atoms with E-state index in [4.69, 9.17) is 4.74 Å². The van der Waals surface area contributed by atoms with Crippen molar-refractivity contribution >= 4 is 11.9 Å². The lowest BCUT2D eigenvalue weighted by Crippen LogP contribution is -2.52. The first-order valence-corrected chi connectivity index (χ1v) is 17.8. The summed E-state index contributed by atoms with van der Waals surface area (Å²) >= 11 is 0. The van der Waals surface area contributed by atoms with Crippen molar-refractivity contribution in [3.8, 4) is 11.1 Å². The van der Waals surface area contributed by atoms with Crippen LogP contribution in [0.3, 0.4) is 0 Å². The number of alkyl halides is 3. The monoisotopic (exact) mass is 732 g/mol. The maximum absolute atomic E-state index is 16.0. The molecule has 2 N–H and O–H groups in total. The summed E-state index contributed by atoms with van der Waals surface area (Å²) in [6, 6.07) is 1.24. The van der Waals surface area contributed by atoms with E-state index in [1.165, 1.54) is 16.7 Å². The first-order chi connectivity index (χ1) is 24.7. The molecule has 0 saturated carbocycles. The molecule has 2 bridgehead atoms. The van der Waals surface area contributed by atoms with E-state index in [1.54, 1.807) is 20.2 Å². The number of halogens is 5. The number of hydrogen-bond acceptors (Lipinski definition) is 6. The van der Waals surface area contributed by atoms with Gasteiger partial charge in [-0.1, -0.05) is 32.6 Å². The fourth-order valence-corrected chi connectivity index (χ4v) is 7.35. The number of carboxylic acids is 1. The summed E-state index contributed by atoms with van der Waals surface area (Å²) in [7, 11) is 1.65. The highest BCUT2D eigenvalue weighted by molar-refractivity contribution is 5.82. The van der Waals surface area contributed by atoms with Crippen molar-refractivity contribution in [1.29, 1.82) is 0 Å². The summed E-state index contributed by atoms with van der Waals surface area (Å²) in [6.45, 7) is 5.59. The van der Waals surface area contributed by atoms with Gasteiger partial charge in [0.2, 0.25) is 5.91 Å². The van der Waals surface area contributed by atoms with Gasteiger partial charge in [-0.3, -0.25) is 19.1 Å². The Bertz CT molecular complexity index is 1840. The van der Waals surface area contributed by atoms with E-state index in [0.29, 0.717) is 74.4 Å². The molecule has 282 valence electrons. The fourth-order valence-electron chi connectivity index (χ4n) is 7.35. The van der Waals surface area contributed by atoms with Crippen molar-refractivity contribution < 1.29 is 41.4 Å². The quantitative estimate of drug-likeness (QED) is 0.247. The zero-order valence-corrected chi connectivity index (χ0v) is 29.6. The lowest BCUT2D eigenvalue weighted by molar-refractivity contribution is -0.140. The van der Waals surface area contributed by atoms with E-state index in [1.807, 2.05) is 6.92 Å². The number of nitrogens with zero attached hydrogens (tertiary/aromatic N) is 3.